The Balaban J connectivity index is 1.57. The van der Waals surface area contributed by atoms with Crippen molar-refractivity contribution in [2.24, 2.45) is 0 Å². The highest BCUT2D eigenvalue weighted by molar-refractivity contribution is 9.10. The largest absolute Gasteiger partial charge is 0.353 e. The smallest absolute Gasteiger partial charge is 0.244 e. The number of benzene rings is 2. The van der Waals surface area contributed by atoms with E-state index in [1.807, 2.05) is 24.3 Å². The zero-order valence-electron chi connectivity index (χ0n) is 12.7. The van der Waals surface area contributed by atoms with Crippen molar-refractivity contribution in [3.8, 4) is 0 Å². The monoisotopic (exact) mass is 387 g/mol. The number of anilines is 3. The van der Waals surface area contributed by atoms with E-state index in [0.717, 1.165) is 22.1 Å². The molecule has 0 atom stereocenters. The number of nitrogens with zero attached hydrogens (tertiary/aromatic N) is 3. The van der Waals surface area contributed by atoms with Gasteiger partial charge in [0.2, 0.25) is 5.95 Å². The van der Waals surface area contributed by atoms with Crippen molar-refractivity contribution in [3.05, 3.63) is 70.6 Å². The second kappa shape index (κ2) is 7.83. The average Bonchev–Trinajstić information content (AvgIpc) is 2.57. The van der Waals surface area contributed by atoms with Gasteiger partial charge < -0.3 is 10.6 Å². The van der Waals surface area contributed by atoms with Crippen molar-refractivity contribution >= 4 is 33.4 Å². The van der Waals surface area contributed by atoms with E-state index >= 15 is 0 Å². The summed E-state index contributed by atoms with van der Waals surface area (Å²) in [7, 11) is 0. The normalized spacial score (nSPS) is 10.4. The van der Waals surface area contributed by atoms with Crippen LogP contribution in [0.5, 0.6) is 0 Å². The van der Waals surface area contributed by atoms with Crippen LogP contribution in [0.3, 0.4) is 0 Å². The lowest BCUT2D eigenvalue weighted by molar-refractivity contribution is 0.627. The molecule has 0 aliphatic carbocycles. The molecule has 7 heteroatoms. The molecule has 0 aliphatic heterocycles. The maximum Gasteiger partial charge on any atom is 0.244 e. The summed E-state index contributed by atoms with van der Waals surface area (Å²) in [6, 6.07) is 14.2. The fourth-order valence-electron chi connectivity index (χ4n) is 2.12. The first-order chi connectivity index (χ1) is 11.7. The van der Waals surface area contributed by atoms with Crippen LogP contribution in [0.4, 0.5) is 21.8 Å². The Morgan fingerprint density at radius 1 is 1.08 bits per heavy atom. The van der Waals surface area contributed by atoms with Crippen LogP contribution in [0, 0.1) is 5.82 Å². The van der Waals surface area contributed by atoms with E-state index < -0.39 is 0 Å². The molecule has 0 saturated heterocycles. The van der Waals surface area contributed by atoms with E-state index in [1.54, 1.807) is 18.3 Å². The topological polar surface area (TPSA) is 62.7 Å². The zero-order chi connectivity index (χ0) is 16.8. The summed E-state index contributed by atoms with van der Waals surface area (Å²) in [5.74, 6) is 0.815. The van der Waals surface area contributed by atoms with Gasteiger partial charge in [-0.1, -0.05) is 34.1 Å². The molecule has 0 fully saturated rings. The maximum absolute atomic E-state index is 12.9. The van der Waals surface area contributed by atoms with E-state index in [0.29, 0.717) is 18.3 Å². The van der Waals surface area contributed by atoms with Crippen molar-refractivity contribution in [3.63, 3.8) is 0 Å². The average molecular weight is 388 g/mol. The summed E-state index contributed by atoms with van der Waals surface area (Å²) in [5.41, 5.74) is 1.95. The third kappa shape index (κ3) is 4.73. The van der Waals surface area contributed by atoms with Gasteiger partial charge in [-0.25, -0.2) is 4.39 Å². The summed E-state index contributed by atoms with van der Waals surface area (Å²) in [6.45, 7) is 0.633. The quantitative estimate of drug-likeness (QED) is 0.664. The number of rotatable bonds is 6. The predicted molar refractivity (Wildman–Crippen MR) is 95.8 cm³/mol. The lowest BCUT2D eigenvalue weighted by atomic mass is 10.1. The van der Waals surface area contributed by atoms with Crippen LogP contribution >= 0.6 is 15.9 Å². The molecule has 0 radical (unpaired) electrons. The minimum Gasteiger partial charge on any atom is -0.353 e. The lowest BCUT2D eigenvalue weighted by Crippen LogP contribution is -2.09. The zero-order valence-corrected chi connectivity index (χ0v) is 14.3. The summed E-state index contributed by atoms with van der Waals surface area (Å²) in [5, 5.41) is 14.2. The Morgan fingerprint density at radius 3 is 2.71 bits per heavy atom. The molecule has 1 heterocycles. The van der Waals surface area contributed by atoms with Crippen LogP contribution in [0.15, 0.2) is 59.2 Å². The number of hydrogen-bond acceptors (Lipinski definition) is 5. The molecule has 0 bridgehead atoms. The molecule has 0 saturated carbocycles. The molecule has 5 nitrogen and oxygen atoms in total. The molecule has 0 aliphatic rings. The Hall–Kier alpha value is -2.54. The van der Waals surface area contributed by atoms with Crippen LogP contribution in [0.25, 0.3) is 0 Å². The SMILES string of the molecule is Fc1ccc(CCNc2nncc(Nc3cccc(Br)c3)n2)cc1. The van der Waals surface area contributed by atoms with Gasteiger partial charge in [-0.2, -0.15) is 10.1 Å². The highest BCUT2D eigenvalue weighted by Gasteiger charge is 2.02. The molecule has 3 aromatic rings. The number of aromatic nitrogens is 3. The molecule has 122 valence electrons. The molecule has 0 unspecified atom stereocenters. The molecular formula is C17H15BrFN5. The fourth-order valence-corrected chi connectivity index (χ4v) is 2.52. The Kier molecular flexibility index (Phi) is 5.32. The standard InChI is InChI=1S/C17H15BrFN5/c18-13-2-1-3-15(10-13)22-16-11-21-24-17(23-16)20-9-8-12-4-6-14(19)7-5-12/h1-7,10-11H,8-9H2,(H2,20,22,23,24). The van der Waals surface area contributed by atoms with Gasteiger partial charge >= 0.3 is 0 Å². The highest BCUT2D eigenvalue weighted by Crippen LogP contribution is 2.19. The van der Waals surface area contributed by atoms with E-state index in [1.165, 1.54) is 12.1 Å². The van der Waals surface area contributed by atoms with Crippen LogP contribution in [-0.4, -0.2) is 21.7 Å². The van der Waals surface area contributed by atoms with Gasteiger partial charge in [-0.15, -0.1) is 5.10 Å². The van der Waals surface area contributed by atoms with Gasteiger partial charge in [-0.3, -0.25) is 0 Å². The van der Waals surface area contributed by atoms with Crippen molar-refractivity contribution in [1.82, 2.24) is 15.2 Å². The van der Waals surface area contributed by atoms with E-state index in [9.17, 15) is 4.39 Å². The van der Waals surface area contributed by atoms with Crippen LogP contribution in [0.1, 0.15) is 5.56 Å². The van der Waals surface area contributed by atoms with Crippen LogP contribution < -0.4 is 10.6 Å². The summed E-state index contributed by atoms with van der Waals surface area (Å²) in [6.07, 6.45) is 2.30. The van der Waals surface area contributed by atoms with Gasteiger partial charge in [0.15, 0.2) is 5.82 Å². The second-order valence-electron chi connectivity index (χ2n) is 5.10. The van der Waals surface area contributed by atoms with Crippen molar-refractivity contribution in [1.29, 1.82) is 0 Å². The first-order valence-corrected chi connectivity index (χ1v) is 8.19. The number of nitrogens with one attached hydrogen (secondary N) is 2. The minimum atomic E-state index is -0.231. The molecule has 24 heavy (non-hydrogen) atoms. The first-order valence-electron chi connectivity index (χ1n) is 7.40. The van der Waals surface area contributed by atoms with Crippen molar-refractivity contribution in [2.75, 3.05) is 17.2 Å². The number of halogens is 2. The van der Waals surface area contributed by atoms with Crippen molar-refractivity contribution in [2.45, 2.75) is 6.42 Å². The maximum atomic E-state index is 12.9. The Morgan fingerprint density at radius 2 is 1.92 bits per heavy atom. The second-order valence-corrected chi connectivity index (χ2v) is 6.02. The van der Waals surface area contributed by atoms with Gasteiger partial charge in [0.05, 0.1) is 6.20 Å². The number of hydrogen-bond donors (Lipinski definition) is 2. The molecule has 2 aromatic carbocycles. The fraction of sp³-hybridized carbons (Fsp3) is 0.118. The molecular weight excluding hydrogens is 373 g/mol. The summed E-state index contributed by atoms with van der Waals surface area (Å²) >= 11 is 3.43. The molecule has 0 amide bonds. The summed E-state index contributed by atoms with van der Waals surface area (Å²) in [4.78, 5) is 4.37. The Bertz CT molecular complexity index is 810. The van der Waals surface area contributed by atoms with Gasteiger partial charge in [0, 0.05) is 16.7 Å². The van der Waals surface area contributed by atoms with Crippen molar-refractivity contribution < 1.29 is 4.39 Å². The predicted octanol–water partition coefficient (Wildman–Crippen LogP) is 4.17. The minimum absolute atomic E-state index is 0.231. The van der Waals surface area contributed by atoms with E-state index in [-0.39, 0.29) is 5.82 Å². The van der Waals surface area contributed by atoms with Gasteiger partial charge in [-0.05, 0) is 42.3 Å². The highest BCUT2D eigenvalue weighted by atomic mass is 79.9. The third-order valence-electron chi connectivity index (χ3n) is 3.27. The summed E-state index contributed by atoms with van der Waals surface area (Å²) < 4.78 is 13.8. The molecule has 3 rings (SSSR count). The lowest BCUT2D eigenvalue weighted by Gasteiger charge is -2.08. The first kappa shape index (κ1) is 16.3. The van der Waals surface area contributed by atoms with Crippen LogP contribution in [0.2, 0.25) is 0 Å². The molecule has 2 N–H and O–H groups in total. The third-order valence-corrected chi connectivity index (χ3v) is 3.76. The van der Waals surface area contributed by atoms with Crippen LogP contribution in [-0.2, 0) is 6.42 Å². The Labute approximate surface area is 147 Å². The molecule has 0 spiro atoms. The van der Waals surface area contributed by atoms with Gasteiger partial charge in [0.25, 0.3) is 0 Å². The van der Waals surface area contributed by atoms with Gasteiger partial charge in [0.1, 0.15) is 5.82 Å². The van der Waals surface area contributed by atoms with E-state index in [2.05, 4.69) is 41.7 Å². The molecule has 1 aromatic heterocycles. The van der Waals surface area contributed by atoms with E-state index in [4.69, 9.17) is 0 Å².